The third-order valence-corrected chi connectivity index (χ3v) is 7.20. The van der Waals surface area contributed by atoms with E-state index in [1.54, 1.807) is 61.5 Å². The first kappa shape index (κ1) is 24.4. The molecule has 0 amide bonds. The molecule has 0 bridgehead atoms. The van der Waals surface area contributed by atoms with Crippen molar-refractivity contribution in [1.82, 2.24) is 4.57 Å². The molecule has 9 nitrogen and oxygen atoms in total. The van der Waals surface area contributed by atoms with E-state index in [0.717, 1.165) is 11.3 Å². The minimum Gasteiger partial charge on any atom is -0.466 e. The van der Waals surface area contributed by atoms with E-state index in [1.165, 1.54) is 23.8 Å². The van der Waals surface area contributed by atoms with Gasteiger partial charge in [0, 0.05) is 28.8 Å². The van der Waals surface area contributed by atoms with E-state index in [2.05, 4.69) is 4.99 Å². The Morgan fingerprint density at radius 3 is 2.73 bits per heavy atom. The van der Waals surface area contributed by atoms with E-state index >= 15 is 0 Å². The van der Waals surface area contributed by atoms with Crippen molar-refractivity contribution in [2.24, 2.45) is 4.99 Å². The third-order valence-electron chi connectivity index (χ3n) is 5.87. The molecule has 0 aliphatic carbocycles. The van der Waals surface area contributed by atoms with Crippen molar-refractivity contribution in [3.05, 3.63) is 118 Å². The van der Waals surface area contributed by atoms with Crippen LogP contribution in [0, 0.1) is 10.1 Å². The number of methoxy groups -OCH3 is 1. The number of fused-ring (bicyclic) bond motifs is 1. The van der Waals surface area contributed by atoms with Crippen molar-refractivity contribution in [2.45, 2.75) is 13.0 Å². The van der Waals surface area contributed by atoms with Gasteiger partial charge in [-0.1, -0.05) is 53.3 Å². The SMILES string of the molecule is COC(=O)C1=C(C)N=c2s/c(=C/c3ccc(-c4cccc([N+](=O)[O-])c4)o3)c(=O)n2[C@H]1c1ccccc1Cl. The highest BCUT2D eigenvalue weighted by Crippen LogP contribution is 2.34. The lowest BCUT2D eigenvalue weighted by atomic mass is 9.96. The van der Waals surface area contributed by atoms with Gasteiger partial charge in [0.2, 0.25) is 0 Å². The molecule has 0 saturated carbocycles. The molecule has 1 aliphatic heterocycles. The van der Waals surface area contributed by atoms with Crippen LogP contribution in [0.2, 0.25) is 5.02 Å². The highest BCUT2D eigenvalue weighted by Gasteiger charge is 2.34. The Hall–Kier alpha value is -4.28. The van der Waals surface area contributed by atoms with E-state index in [0.29, 0.717) is 42.7 Å². The summed E-state index contributed by atoms with van der Waals surface area (Å²) in [5.41, 5.74) is 1.32. The van der Waals surface area contributed by atoms with E-state index in [-0.39, 0.29) is 16.8 Å². The Balaban J connectivity index is 1.64. The number of hydrogen-bond donors (Lipinski definition) is 0. The summed E-state index contributed by atoms with van der Waals surface area (Å²) < 4.78 is 12.6. The first-order chi connectivity index (χ1) is 17.8. The van der Waals surface area contributed by atoms with E-state index < -0.39 is 16.9 Å². The average molecular weight is 536 g/mol. The maximum Gasteiger partial charge on any atom is 0.338 e. The summed E-state index contributed by atoms with van der Waals surface area (Å²) in [7, 11) is 1.27. The number of hydrogen-bond acceptors (Lipinski definition) is 8. The molecule has 186 valence electrons. The summed E-state index contributed by atoms with van der Waals surface area (Å²) in [6.07, 6.45) is 1.57. The molecule has 1 aliphatic rings. The number of carbonyl (C=O) groups is 1. The second-order valence-corrected chi connectivity index (χ2v) is 9.52. The molecular weight excluding hydrogens is 518 g/mol. The quantitative estimate of drug-likeness (QED) is 0.214. The summed E-state index contributed by atoms with van der Waals surface area (Å²) in [6.45, 7) is 1.69. The van der Waals surface area contributed by atoms with E-state index in [4.69, 9.17) is 20.8 Å². The standard InChI is InChI=1S/C26H18ClN3O6S/c1-14-22(25(32)35-2)23(18-8-3-4-9-19(18)27)29-24(31)21(37-26(29)28-14)13-17-10-11-20(36-17)15-6-5-7-16(12-15)30(33)34/h3-13,23H,1-2H3/b21-13+/t23-/m0/s1. The van der Waals surface area contributed by atoms with Gasteiger partial charge in [-0.25, -0.2) is 9.79 Å². The molecule has 5 rings (SSSR count). The van der Waals surface area contributed by atoms with Crippen LogP contribution in [0.4, 0.5) is 5.69 Å². The number of benzene rings is 2. The normalized spacial score (nSPS) is 15.3. The van der Waals surface area contributed by atoms with Crippen molar-refractivity contribution in [3.63, 3.8) is 0 Å². The molecule has 1 atom stereocenters. The van der Waals surface area contributed by atoms with E-state index in [9.17, 15) is 19.7 Å². The molecule has 2 aromatic carbocycles. The second kappa shape index (κ2) is 9.64. The monoisotopic (exact) mass is 535 g/mol. The van der Waals surface area contributed by atoms with Crippen LogP contribution < -0.4 is 14.9 Å². The maximum absolute atomic E-state index is 13.6. The van der Waals surface area contributed by atoms with Crippen LogP contribution in [-0.2, 0) is 9.53 Å². The van der Waals surface area contributed by atoms with Gasteiger partial charge in [-0.15, -0.1) is 0 Å². The number of nitrogens with zero attached hydrogens (tertiary/aromatic N) is 3. The molecule has 0 saturated heterocycles. The Labute approximate surface area is 218 Å². The molecule has 0 spiro atoms. The number of aromatic nitrogens is 1. The molecule has 0 radical (unpaired) electrons. The molecular formula is C26H18ClN3O6S. The Morgan fingerprint density at radius 1 is 1.22 bits per heavy atom. The zero-order valence-electron chi connectivity index (χ0n) is 19.5. The number of halogens is 1. The predicted octanol–water partition coefficient (Wildman–Crippen LogP) is 4.23. The number of allylic oxidation sites excluding steroid dienone is 1. The van der Waals surface area contributed by atoms with Gasteiger partial charge in [0.25, 0.3) is 11.2 Å². The number of ether oxygens (including phenoxy) is 1. The van der Waals surface area contributed by atoms with Gasteiger partial charge in [0.1, 0.15) is 17.6 Å². The molecule has 37 heavy (non-hydrogen) atoms. The average Bonchev–Trinajstić information content (AvgIpc) is 3.48. The molecule has 0 unspecified atom stereocenters. The smallest absolute Gasteiger partial charge is 0.338 e. The van der Waals surface area contributed by atoms with Gasteiger partial charge in [-0.05, 0) is 30.7 Å². The number of rotatable bonds is 5. The number of carbonyl (C=O) groups excluding carboxylic acids is 1. The van der Waals surface area contributed by atoms with Gasteiger partial charge in [0.05, 0.1) is 27.8 Å². The molecule has 0 fully saturated rings. The highest BCUT2D eigenvalue weighted by molar-refractivity contribution is 7.07. The van der Waals surface area contributed by atoms with Gasteiger partial charge >= 0.3 is 5.97 Å². The molecule has 3 heterocycles. The first-order valence-electron chi connectivity index (χ1n) is 11.0. The topological polar surface area (TPSA) is 117 Å². The lowest BCUT2D eigenvalue weighted by Gasteiger charge is -2.25. The van der Waals surface area contributed by atoms with Gasteiger partial charge in [-0.3, -0.25) is 19.5 Å². The highest BCUT2D eigenvalue weighted by atomic mass is 35.5. The Morgan fingerprint density at radius 2 is 2.00 bits per heavy atom. The largest absolute Gasteiger partial charge is 0.466 e. The minimum absolute atomic E-state index is 0.0555. The molecule has 2 aromatic heterocycles. The first-order valence-corrected chi connectivity index (χ1v) is 12.2. The van der Waals surface area contributed by atoms with Crippen LogP contribution in [0.1, 0.15) is 24.3 Å². The zero-order valence-corrected chi connectivity index (χ0v) is 21.1. The van der Waals surface area contributed by atoms with E-state index in [1.807, 2.05) is 0 Å². The summed E-state index contributed by atoms with van der Waals surface area (Å²) in [4.78, 5) is 41.9. The van der Waals surface area contributed by atoms with Crippen molar-refractivity contribution >= 4 is 40.7 Å². The Bertz CT molecular complexity index is 1780. The number of non-ortho nitro benzene ring substituents is 1. The van der Waals surface area contributed by atoms with Crippen LogP contribution in [0.3, 0.4) is 0 Å². The summed E-state index contributed by atoms with van der Waals surface area (Å²) in [5.74, 6) is 0.193. The zero-order chi connectivity index (χ0) is 26.3. The summed E-state index contributed by atoms with van der Waals surface area (Å²) >= 11 is 7.63. The van der Waals surface area contributed by atoms with Crippen LogP contribution in [0.25, 0.3) is 17.4 Å². The Kier molecular flexibility index (Phi) is 6.36. The second-order valence-electron chi connectivity index (χ2n) is 8.10. The fourth-order valence-electron chi connectivity index (χ4n) is 4.17. The van der Waals surface area contributed by atoms with Crippen LogP contribution in [0.15, 0.2) is 86.1 Å². The van der Waals surface area contributed by atoms with Crippen molar-refractivity contribution < 1.29 is 18.9 Å². The maximum atomic E-state index is 13.6. The molecule has 0 N–H and O–H groups in total. The number of nitro groups is 1. The summed E-state index contributed by atoms with van der Waals surface area (Å²) in [6, 6.07) is 15.6. The lowest BCUT2D eigenvalue weighted by molar-refractivity contribution is -0.384. The summed E-state index contributed by atoms with van der Waals surface area (Å²) in [5, 5.41) is 11.5. The van der Waals surface area contributed by atoms with Crippen molar-refractivity contribution in [1.29, 1.82) is 0 Å². The number of thiazole rings is 1. The fourth-order valence-corrected chi connectivity index (χ4v) is 5.44. The predicted molar refractivity (Wildman–Crippen MR) is 138 cm³/mol. The van der Waals surface area contributed by atoms with Gasteiger partial charge in [0.15, 0.2) is 4.80 Å². The van der Waals surface area contributed by atoms with Crippen LogP contribution >= 0.6 is 22.9 Å². The van der Waals surface area contributed by atoms with Crippen molar-refractivity contribution in [2.75, 3.05) is 7.11 Å². The molecule has 11 heteroatoms. The third kappa shape index (κ3) is 4.41. The van der Waals surface area contributed by atoms with Crippen molar-refractivity contribution in [3.8, 4) is 11.3 Å². The minimum atomic E-state index is -0.823. The fraction of sp³-hybridized carbons (Fsp3) is 0.115. The number of nitro benzene ring substituents is 1. The molecule has 4 aromatic rings. The number of furan rings is 1. The lowest BCUT2D eigenvalue weighted by Crippen LogP contribution is -2.39. The van der Waals surface area contributed by atoms with Crippen LogP contribution in [-0.4, -0.2) is 22.6 Å². The van der Waals surface area contributed by atoms with Gasteiger partial charge < -0.3 is 9.15 Å². The number of esters is 1. The van der Waals surface area contributed by atoms with Gasteiger partial charge in [-0.2, -0.15) is 0 Å². The van der Waals surface area contributed by atoms with Crippen LogP contribution in [0.5, 0.6) is 0 Å².